The van der Waals surface area contributed by atoms with Crippen molar-refractivity contribution in [2.45, 2.75) is 51.6 Å². The van der Waals surface area contributed by atoms with Crippen LogP contribution in [0, 0.1) is 11.8 Å². The van der Waals surface area contributed by atoms with Crippen LogP contribution in [0.25, 0.3) is 0 Å². The van der Waals surface area contributed by atoms with Gasteiger partial charge in [-0.25, -0.2) is 0 Å². The largest absolute Gasteiger partial charge is 0.472 e. The van der Waals surface area contributed by atoms with Gasteiger partial charge in [0.25, 0.3) is 0 Å². The van der Waals surface area contributed by atoms with E-state index in [9.17, 15) is 0 Å². The third-order valence-corrected chi connectivity index (χ3v) is 4.02. The van der Waals surface area contributed by atoms with E-state index in [1.165, 1.54) is 18.4 Å². The Kier molecular flexibility index (Phi) is 4.84. The Labute approximate surface area is 110 Å². The van der Waals surface area contributed by atoms with E-state index in [1.807, 2.05) is 6.26 Å². The molecule has 1 fully saturated rings. The highest BCUT2D eigenvalue weighted by Crippen LogP contribution is 2.36. The molecule has 0 aromatic carbocycles. The summed E-state index contributed by atoms with van der Waals surface area (Å²) in [4.78, 5) is 0. The van der Waals surface area contributed by atoms with Crippen LogP contribution >= 0.6 is 0 Å². The fourth-order valence-electron chi connectivity index (χ4n) is 2.60. The van der Waals surface area contributed by atoms with Gasteiger partial charge in [-0.3, -0.25) is 0 Å². The van der Waals surface area contributed by atoms with Crippen LogP contribution in [0.1, 0.15) is 51.1 Å². The lowest BCUT2D eigenvalue weighted by molar-refractivity contribution is 0.337. The highest BCUT2D eigenvalue weighted by Gasteiger charge is 2.33. The second-order valence-corrected chi connectivity index (χ2v) is 5.69. The Bertz CT molecular complexity index is 332. The van der Waals surface area contributed by atoms with Crippen molar-refractivity contribution >= 4 is 0 Å². The monoisotopic (exact) mass is 250 g/mol. The number of hydrogen-bond acceptors (Lipinski definition) is 3. The summed E-state index contributed by atoms with van der Waals surface area (Å²) >= 11 is 0. The van der Waals surface area contributed by atoms with Crippen LogP contribution in [-0.4, -0.2) is 12.6 Å². The zero-order chi connectivity index (χ0) is 13.0. The summed E-state index contributed by atoms with van der Waals surface area (Å²) < 4.78 is 5.21. The zero-order valence-corrected chi connectivity index (χ0v) is 11.6. The van der Waals surface area contributed by atoms with E-state index in [0.717, 1.165) is 25.3 Å². The molecule has 3 nitrogen and oxygen atoms in total. The van der Waals surface area contributed by atoms with Gasteiger partial charge in [0, 0.05) is 17.6 Å². The molecule has 3 atom stereocenters. The van der Waals surface area contributed by atoms with Crippen molar-refractivity contribution < 1.29 is 4.42 Å². The van der Waals surface area contributed by atoms with Crippen LogP contribution < -0.4 is 11.1 Å². The number of nitrogens with two attached hydrogens (primary N) is 1. The van der Waals surface area contributed by atoms with E-state index in [0.29, 0.717) is 18.0 Å². The number of rotatable bonds is 8. The molecule has 0 amide bonds. The van der Waals surface area contributed by atoms with Crippen molar-refractivity contribution in [2.75, 3.05) is 6.54 Å². The second-order valence-electron chi connectivity index (χ2n) is 5.69. The molecule has 1 aromatic rings. The van der Waals surface area contributed by atoms with Crippen molar-refractivity contribution in [3.05, 3.63) is 24.2 Å². The minimum Gasteiger partial charge on any atom is -0.472 e. The highest BCUT2D eigenvalue weighted by atomic mass is 16.3. The van der Waals surface area contributed by atoms with Crippen LogP contribution in [0.5, 0.6) is 0 Å². The van der Waals surface area contributed by atoms with Crippen LogP contribution in [0.15, 0.2) is 23.0 Å². The Morgan fingerprint density at radius 3 is 2.83 bits per heavy atom. The number of hydrogen-bond donors (Lipinski definition) is 2. The standard InChI is InChI=1S/C15H26N2O/c1-3-7-17-14(13-6-8-18-10-13)9-11(2)15(16)12-4-5-12/h6,8,10-12,14-15,17H,3-5,7,9,16H2,1-2H3. The summed E-state index contributed by atoms with van der Waals surface area (Å²) in [5.41, 5.74) is 7.55. The summed E-state index contributed by atoms with van der Waals surface area (Å²) in [5, 5.41) is 3.60. The first-order valence-electron chi connectivity index (χ1n) is 7.23. The van der Waals surface area contributed by atoms with E-state index in [1.54, 1.807) is 6.26 Å². The quantitative estimate of drug-likeness (QED) is 0.745. The molecule has 0 spiro atoms. The van der Waals surface area contributed by atoms with Gasteiger partial charge in [-0.15, -0.1) is 0 Å². The third kappa shape index (κ3) is 3.59. The number of nitrogens with one attached hydrogen (secondary N) is 1. The van der Waals surface area contributed by atoms with Crippen molar-refractivity contribution in [1.82, 2.24) is 5.32 Å². The maximum Gasteiger partial charge on any atom is 0.0950 e. The average Bonchev–Trinajstić information content (AvgIpc) is 3.08. The van der Waals surface area contributed by atoms with E-state index in [-0.39, 0.29) is 0 Å². The van der Waals surface area contributed by atoms with E-state index in [4.69, 9.17) is 10.2 Å². The van der Waals surface area contributed by atoms with Gasteiger partial charge in [0.05, 0.1) is 12.5 Å². The van der Waals surface area contributed by atoms with E-state index >= 15 is 0 Å². The zero-order valence-electron chi connectivity index (χ0n) is 11.6. The average molecular weight is 250 g/mol. The lowest BCUT2D eigenvalue weighted by Gasteiger charge is -2.25. The third-order valence-electron chi connectivity index (χ3n) is 4.02. The van der Waals surface area contributed by atoms with Crippen molar-refractivity contribution in [1.29, 1.82) is 0 Å². The molecule has 1 aliphatic rings. The fraction of sp³-hybridized carbons (Fsp3) is 0.733. The molecule has 0 saturated heterocycles. The summed E-state index contributed by atoms with van der Waals surface area (Å²) in [6.45, 7) is 5.52. The maximum atomic E-state index is 6.30. The normalized spacial score (nSPS) is 20.6. The lowest BCUT2D eigenvalue weighted by Crippen LogP contribution is -2.34. The molecule has 1 aromatic heterocycles. The highest BCUT2D eigenvalue weighted by molar-refractivity contribution is 5.12. The first kappa shape index (κ1) is 13.6. The first-order chi connectivity index (χ1) is 8.72. The van der Waals surface area contributed by atoms with E-state index in [2.05, 4.69) is 25.2 Å². The summed E-state index contributed by atoms with van der Waals surface area (Å²) in [5.74, 6) is 1.33. The van der Waals surface area contributed by atoms with Crippen LogP contribution in [0.2, 0.25) is 0 Å². The lowest BCUT2D eigenvalue weighted by atomic mass is 9.89. The van der Waals surface area contributed by atoms with Gasteiger partial charge in [0.1, 0.15) is 0 Å². The van der Waals surface area contributed by atoms with Gasteiger partial charge in [-0.2, -0.15) is 0 Å². The van der Waals surface area contributed by atoms with Gasteiger partial charge >= 0.3 is 0 Å². The van der Waals surface area contributed by atoms with Gasteiger partial charge in [0.15, 0.2) is 0 Å². The molecule has 1 saturated carbocycles. The molecular formula is C15H26N2O. The Hall–Kier alpha value is -0.800. The second kappa shape index (κ2) is 6.39. The molecule has 2 rings (SSSR count). The molecule has 3 heteroatoms. The maximum absolute atomic E-state index is 6.30. The van der Waals surface area contributed by atoms with Crippen molar-refractivity contribution in [2.24, 2.45) is 17.6 Å². The van der Waals surface area contributed by atoms with Crippen LogP contribution in [0.4, 0.5) is 0 Å². The summed E-state index contributed by atoms with van der Waals surface area (Å²) in [7, 11) is 0. The topological polar surface area (TPSA) is 51.2 Å². The summed E-state index contributed by atoms with van der Waals surface area (Å²) in [6, 6.07) is 2.80. The van der Waals surface area contributed by atoms with Crippen molar-refractivity contribution in [3.63, 3.8) is 0 Å². The Balaban J connectivity index is 1.91. The van der Waals surface area contributed by atoms with Gasteiger partial charge in [0.2, 0.25) is 0 Å². The molecule has 1 heterocycles. The molecule has 3 N–H and O–H groups in total. The minimum atomic E-state index is 0.364. The van der Waals surface area contributed by atoms with Gasteiger partial charge < -0.3 is 15.5 Å². The van der Waals surface area contributed by atoms with Gasteiger partial charge in [-0.1, -0.05) is 13.8 Å². The molecule has 0 aliphatic heterocycles. The summed E-state index contributed by atoms with van der Waals surface area (Å²) in [6.07, 6.45) is 8.49. The molecule has 102 valence electrons. The van der Waals surface area contributed by atoms with Gasteiger partial charge in [-0.05, 0) is 50.1 Å². The SMILES string of the molecule is CCCNC(CC(C)C(N)C1CC1)c1ccoc1. The predicted octanol–water partition coefficient (Wildman–Crippen LogP) is 3.08. The Morgan fingerprint density at radius 1 is 1.50 bits per heavy atom. The van der Waals surface area contributed by atoms with Crippen LogP contribution in [0.3, 0.4) is 0 Å². The fourth-order valence-corrected chi connectivity index (χ4v) is 2.60. The molecular weight excluding hydrogens is 224 g/mol. The Morgan fingerprint density at radius 2 is 2.28 bits per heavy atom. The van der Waals surface area contributed by atoms with Crippen molar-refractivity contribution in [3.8, 4) is 0 Å². The molecule has 1 aliphatic carbocycles. The molecule has 0 bridgehead atoms. The molecule has 18 heavy (non-hydrogen) atoms. The molecule has 0 radical (unpaired) electrons. The van der Waals surface area contributed by atoms with Crippen LogP contribution in [-0.2, 0) is 0 Å². The smallest absolute Gasteiger partial charge is 0.0950 e. The number of furan rings is 1. The molecule has 3 unspecified atom stereocenters. The first-order valence-corrected chi connectivity index (χ1v) is 7.23. The predicted molar refractivity (Wildman–Crippen MR) is 74.2 cm³/mol. The van der Waals surface area contributed by atoms with E-state index < -0.39 is 0 Å². The minimum absolute atomic E-state index is 0.364.